The number of pyridine rings is 1. The van der Waals surface area contributed by atoms with Gasteiger partial charge in [-0.3, -0.25) is 4.98 Å². The third kappa shape index (κ3) is 4.97. The quantitative estimate of drug-likeness (QED) is 0.873. The van der Waals surface area contributed by atoms with Crippen molar-refractivity contribution in [2.75, 3.05) is 20.3 Å². The average Bonchev–Trinajstić information content (AvgIpc) is 2.32. The lowest BCUT2D eigenvalue weighted by Crippen LogP contribution is -2.24. The molecule has 0 saturated carbocycles. The molecule has 0 aliphatic heterocycles. The molecule has 7 heteroatoms. The van der Waals surface area contributed by atoms with Crippen molar-refractivity contribution in [2.45, 2.75) is 32.5 Å². The van der Waals surface area contributed by atoms with Gasteiger partial charge in [0.25, 0.3) is 0 Å². The van der Waals surface area contributed by atoms with Gasteiger partial charge < -0.3 is 14.6 Å². The van der Waals surface area contributed by atoms with E-state index in [1.807, 2.05) is 6.92 Å². The van der Waals surface area contributed by atoms with E-state index in [-0.39, 0.29) is 6.42 Å². The second-order valence-corrected chi connectivity index (χ2v) is 4.53. The van der Waals surface area contributed by atoms with Crippen LogP contribution in [0, 0.1) is 13.8 Å². The summed E-state index contributed by atoms with van der Waals surface area (Å²) in [4.78, 5) is 4.17. The van der Waals surface area contributed by atoms with Crippen LogP contribution in [-0.4, -0.2) is 42.7 Å². The van der Waals surface area contributed by atoms with E-state index in [4.69, 9.17) is 4.74 Å². The van der Waals surface area contributed by atoms with Gasteiger partial charge in [-0.25, -0.2) is 0 Å². The molecule has 0 aliphatic carbocycles. The standard InChI is InChI=1S/C13H18F3NO3/c1-8-5-17-11(9(2)12(8)19-3)4-10(18)6-20-7-13(14,15)16/h5,10,18H,4,6-7H2,1-3H3. The molecule has 0 saturated heterocycles. The molecule has 0 bridgehead atoms. The SMILES string of the molecule is COc1c(C)cnc(CC(O)COCC(F)(F)F)c1C. The van der Waals surface area contributed by atoms with Gasteiger partial charge in [-0.2, -0.15) is 13.2 Å². The van der Waals surface area contributed by atoms with Crippen LogP contribution in [0.4, 0.5) is 13.2 Å². The maximum Gasteiger partial charge on any atom is 0.411 e. The molecule has 1 atom stereocenters. The molecular weight excluding hydrogens is 275 g/mol. The molecule has 114 valence electrons. The Kier molecular flexibility index (Phi) is 5.76. The van der Waals surface area contributed by atoms with E-state index in [9.17, 15) is 18.3 Å². The van der Waals surface area contributed by atoms with E-state index < -0.39 is 25.5 Å². The fourth-order valence-corrected chi connectivity index (χ4v) is 1.87. The predicted octanol–water partition coefficient (Wildman–Crippen LogP) is 2.19. The number of rotatable bonds is 6. The summed E-state index contributed by atoms with van der Waals surface area (Å²) < 4.78 is 45.4. The number of aromatic nitrogens is 1. The van der Waals surface area contributed by atoms with Gasteiger partial charge in [-0.05, 0) is 13.8 Å². The van der Waals surface area contributed by atoms with Gasteiger partial charge in [0, 0.05) is 29.4 Å². The smallest absolute Gasteiger partial charge is 0.411 e. The van der Waals surface area contributed by atoms with Crippen molar-refractivity contribution >= 4 is 0 Å². The Labute approximate surface area is 115 Å². The number of hydrogen-bond acceptors (Lipinski definition) is 4. The van der Waals surface area contributed by atoms with E-state index in [1.54, 1.807) is 13.1 Å². The van der Waals surface area contributed by atoms with Crippen LogP contribution < -0.4 is 4.74 Å². The second kappa shape index (κ2) is 6.90. The molecule has 0 spiro atoms. The van der Waals surface area contributed by atoms with Crippen molar-refractivity contribution in [1.29, 1.82) is 0 Å². The van der Waals surface area contributed by atoms with Crippen molar-refractivity contribution < 1.29 is 27.8 Å². The molecule has 20 heavy (non-hydrogen) atoms. The number of nitrogens with zero attached hydrogens (tertiary/aromatic N) is 1. The fraction of sp³-hybridized carbons (Fsp3) is 0.615. The lowest BCUT2D eigenvalue weighted by Gasteiger charge is -2.15. The summed E-state index contributed by atoms with van der Waals surface area (Å²) in [6, 6.07) is 0. The maximum absolute atomic E-state index is 11.9. The summed E-state index contributed by atoms with van der Waals surface area (Å²) in [7, 11) is 1.53. The first kappa shape index (κ1) is 16.7. The molecule has 1 aromatic rings. The van der Waals surface area contributed by atoms with E-state index in [1.165, 1.54) is 7.11 Å². The average molecular weight is 293 g/mol. The third-order valence-electron chi connectivity index (χ3n) is 2.75. The van der Waals surface area contributed by atoms with Gasteiger partial charge in [-0.15, -0.1) is 0 Å². The van der Waals surface area contributed by atoms with Crippen LogP contribution in [0.1, 0.15) is 16.8 Å². The van der Waals surface area contributed by atoms with Crippen LogP contribution in [0.3, 0.4) is 0 Å². The summed E-state index contributed by atoms with van der Waals surface area (Å²) in [5, 5.41) is 9.68. The van der Waals surface area contributed by atoms with Gasteiger partial charge in [0.05, 0.1) is 19.8 Å². The summed E-state index contributed by atoms with van der Waals surface area (Å²) >= 11 is 0. The monoisotopic (exact) mass is 293 g/mol. The first-order chi connectivity index (χ1) is 9.24. The lowest BCUT2D eigenvalue weighted by molar-refractivity contribution is -0.179. The maximum atomic E-state index is 11.9. The number of aliphatic hydroxyl groups excluding tert-OH is 1. The van der Waals surface area contributed by atoms with E-state index in [2.05, 4.69) is 9.72 Å². The van der Waals surface area contributed by atoms with E-state index in [0.717, 1.165) is 11.1 Å². The molecule has 1 unspecified atom stereocenters. The highest BCUT2D eigenvalue weighted by atomic mass is 19.4. The highest BCUT2D eigenvalue weighted by Crippen LogP contribution is 2.24. The van der Waals surface area contributed by atoms with Crippen LogP contribution in [0.15, 0.2) is 6.20 Å². The van der Waals surface area contributed by atoms with Crippen molar-refractivity contribution in [3.8, 4) is 5.75 Å². The Morgan fingerprint density at radius 2 is 2.00 bits per heavy atom. The normalized spacial score (nSPS) is 13.3. The number of aryl methyl sites for hydroxylation is 1. The van der Waals surface area contributed by atoms with Crippen LogP contribution in [0.25, 0.3) is 0 Å². The molecule has 1 heterocycles. The van der Waals surface area contributed by atoms with Crippen molar-refractivity contribution in [3.63, 3.8) is 0 Å². The molecule has 0 aliphatic rings. The first-order valence-corrected chi connectivity index (χ1v) is 6.06. The Hall–Kier alpha value is -1.34. The number of alkyl halides is 3. The predicted molar refractivity (Wildman–Crippen MR) is 66.8 cm³/mol. The van der Waals surface area contributed by atoms with Crippen LogP contribution in [-0.2, 0) is 11.2 Å². The molecule has 0 fully saturated rings. The van der Waals surface area contributed by atoms with E-state index >= 15 is 0 Å². The number of halogens is 3. The molecule has 1 aromatic heterocycles. The number of methoxy groups -OCH3 is 1. The minimum Gasteiger partial charge on any atom is -0.496 e. The molecule has 0 amide bonds. The first-order valence-electron chi connectivity index (χ1n) is 6.06. The van der Waals surface area contributed by atoms with Crippen LogP contribution >= 0.6 is 0 Å². The fourth-order valence-electron chi connectivity index (χ4n) is 1.87. The minimum atomic E-state index is -4.39. The number of aliphatic hydroxyl groups is 1. The van der Waals surface area contributed by atoms with Gasteiger partial charge >= 0.3 is 6.18 Å². The van der Waals surface area contributed by atoms with Gasteiger partial charge in [0.1, 0.15) is 12.4 Å². The summed E-state index contributed by atoms with van der Waals surface area (Å²) in [6.07, 6.45) is -3.72. The van der Waals surface area contributed by atoms with Crippen LogP contribution in [0.2, 0.25) is 0 Å². The second-order valence-electron chi connectivity index (χ2n) is 4.53. The van der Waals surface area contributed by atoms with Gasteiger partial charge in [-0.1, -0.05) is 0 Å². The zero-order valence-corrected chi connectivity index (χ0v) is 11.6. The molecule has 1 rings (SSSR count). The minimum absolute atomic E-state index is 0.111. The molecule has 4 nitrogen and oxygen atoms in total. The van der Waals surface area contributed by atoms with Crippen molar-refractivity contribution in [3.05, 3.63) is 23.0 Å². The zero-order chi connectivity index (χ0) is 15.3. The topological polar surface area (TPSA) is 51.6 Å². The van der Waals surface area contributed by atoms with Crippen molar-refractivity contribution in [1.82, 2.24) is 4.98 Å². The van der Waals surface area contributed by atoms with Gasteiger partial charge in [0.15, 0.2) is 0 Å². The molecular formula is C13H18F3NO3. The van der Waals surface area contributed by atoms with E-state index in [0.29, 0.717) is 11.4 Å². The Morgan fingerprint density at radius 3 is 2.55 bits per heavy atom. The lowest BCUT2D eigenvalue weighted by atomic mass is 10.1. The van der Waals surface area contributed by atoms with Crippen molar-refractivity contribution in [2.24, 2.45) is 0 Å². The van der Waals surface area contributed by atoms with Crippen LogP contribution in [0.5, 0.6) is 5.75 Å². The highest BCUT2D eigenvalue weighted by Gasteiger charge is 2.27. The Morgan fingerprint density at radius 1 is 1.35 bits per heavy atom. The summed E-state index contributed by atoms with van der Waals surface area (Å²) in [5.74, 6) is 0.665. The number of ether oxygens (including phenoxy) is 2. The summed E-state index contributed by atoms with van der Waals surface area (Å²) in [6.45, 7) is 1.87. The summed E-state index contributed by atoms with van der Waals surface area (Å²) in [5.41, 5.74) is 2.20. The Balaban J connectivity index is 2.60. The number of hydrogen-bond donors (Lipinski definition) is 1. The largest absolute Gasteiger partial charge is 0.496 e. The third-order valence-corrected chi connectivity index (χ3v) is 2.75. The zero-order valence-electron chi connectivity index (χ0n) is 11.6. The molecule has 1 N–H and O–H groups in total. The highest BCUT2D eigenvalue weighted by molar-refractivity contribution is 5.41. The molecule has 0 aromatic carbocycles. The molecule has 0 radical (unpaired) electrons. The van der Waals surface area contributed by atoms with Gasteiger partial charge in [0.2, 0.25) is 0 Å². The Bertz CT molecular complexity index is 449.